The standard InChI is InChI=1S/C13H13ClN2O4/c1-20-8-2-3-9(14)10(6-8)15-11-7-12(18)16(4-5-17)13(11)19/h2-3,6-7,15,17H,4-5H2,1H3. The van der Waals surface area contributed by atoms with E-state index in [0.29, 0.717) is 16.5 Å². The summed E-state index contributed by atoms with van der Waals surface area (Å²) >= 11 is 6.02. The maximum absolute atomic E-state index is 12.0. The largest absolute Gasteiger partial charge is 0.497 e. The maximum atomic E-state index is 12.0. The van der Waals surface area contributed by atoms with Gasteiger partial charge in [-0.15, -0.1) is 0 Å². The van der Waals surface area contributed by atoms with Crippen molar-refractivity contribution in [2.24, 2.45) is 0 Å². The molecule has 1 aromatic rings. The number of methoxy groups -OCH3 is 1. The minimum Gasteiger partial charge on any atom is -0.497 e. The molecule has 1 aliphatic rings. The van der Waals surface area contributed by atoms with Crippen LogP contribution < -0.4 is 10.1 Å². The summed E-state index contributed by atoms with van der Waals surface area (Å²) in [6, 6.07) is 4.92. The topological polar surface area (TPSA) is 78.9 Å². The minimum absolute atomic E-state index is 0.0365. The number of nitrogens with zero attached hydrogens (tertiary/aromatic N) is 1. The van der Waals surface area contributed by atoms with Gasteiger partial charge in [-0.2, -0.15) is 0 Å². The second kappa shape index (κ2) is 5.94. The molecule has 1 aliphatic heterocycles. The number of rotatable bonds is 5. The SMILES string of the molecule is COc1ccc(Cl)c(NC2=CC(=O)N(CCO)C2=O)c1. The van der Waals surface area contributed by atoms with E-state index in [4.69, 9.17) is 21.4 Å². The fourth-order valence-corrected chi connectivity index (χ4v) is 1.95. The van der Waals surface area contributed by atoms with Crippen LogP contribution in [-0.4, -0.2) is 42.1 Å². The molecule has 0 bridgehead atoms. The first-order valence-electron chi connectivity index (χ1n) is 5.85. The van der Waals surface area contributed by atoms with Crippen molar-refractivity contribution >= 4 is 29.1 Å². The van der Waals surface area contributed by atoms with E-state index in [9.17, 15) is 9.59 Å². The first-order chi connectivity index (χ1) is 9.56. The summed E-state index contributed by atoms with van der Waals surface area (Å²) in [6.45, 7) is -0.316. The molecule has 0 atom stereocenters. The van der Waals surface area contributed by atoms with E-state index in [1.165, 1.54) is 13.2 Å². The van der Waals surface area contributed by atoms with Gasteiger partial charge in [0.05, 0.1) is 31.0 Å². The second-order valence-electron chi connectivity index (χ2n) is 4.05. The molecule has 1 heterocycles. The molecule has 1 aromatic carbocycles. The molecule has 0 aromatic heterocycles. The third-order valence-electron chi connectivity index (χ3n) is 2.78. The molecule has 0 radical (unpaired) electrons. The number of carbonyl (C=O) groups excluding carboxylic acids is 2. The summed E-state index contributed by atoms with van der Waals surface area (Å²) in [5.74, 6) is -0.394. The number of carbonyl (C=O) groups is 2. The Morgan fingerprint density at radius 3 is 2.80 bits per heavy atom. The van der Waals surface area contributed by atoms with Crippen LogP contribution in [0.4, 0.5) is 5.69 Å². The number of aliphatic hydroxyl groups excluding tert-OH is 1. The van der Waals surface area contributed by atoms with E-state index in [-0.39, 0.29) is 18.8 Å². The van der Waals surface area contributed by atoms with E-state index >= 15 is 0 Å². The van der Waals surface area contributed by atoms with E-state index < -0.39 is 11.8 Å². The van der Waals surface area contributed by atoms with E-state index in [0.717, 1.165) is 4.90 Å². The first kappa shape index (κ1) is 14.4. The lowest BCUT2D eigenvalue weighted by Crippen LogP contribution is -2.34. The predicted molar refractivity (Wildman–Crippen MR) is 73.5 cm³/mol. The van der Waals surface area contributed by atoms with Crippen LogP contribution in [0.3, 0.4) is 0 Å². The van der Waals surface area contributed by atoms with Crippen molar-refractivity contribution in [1.82, 2.24) is 4.90 Å². The van der Waals surface area contributed by atoms with Crippen LogP contribution in [0.2, 0.25) is 5.02 Å². The molecule has 2 amide bonds. The van der Waals surface area contributed by atoms with Gasteiger partial charge in [-0.3, -0.25) is 14.5 Å². The molecular formula is C13H13ClN2O4. The third kappa shape index (κ3) is 2.76. The van der Waals surface area contributed by atoms with Crippen molar-refractivity contribution in [3.8, 4) is 5.75 Å². The van der Waals surface area contributed by atoms with Crippen LogP contribution in [0.15, 0.2) is 30.0 Å². The predicted octanol–water partition coefficient (Wildman–Crippen LogP) is 1.01. The summed E-state index contributed by atoms with van der Waals surface area (Å²) < 4.78 is 5.07. The van der Waals surface area contributed by atoms with Crippen molar-refractivity contribution in [2.75, 3.05) is 25.6 Å². The number of anilines is 1. The summed E-state index contributed by atoms with van der Waals surface area (Å²) in [7, 11) is 1.51. The molecule has 7 heteroatoms. The molecule has 20 heavy (non-hydrogen) atoms. The summed E-state index contributed by atoms with van der Waals surface area (Å²) in [4.78, 5) is 24.5. The van der Waals surface area contributed by atoms with Gasteiger partial charge >= 0.3 is 0 Å². The summed E-state index contributed by atoms with van der Waals surface area (Å²) in [5.41, 5.74) is 0.572. The molecule has 0 unspecified atom stereocenters. The van der Waals surface area contributed by atoms with Crippen LogP contribution in [0, 0.1) is 0 Å². The zero-order valence-corrected chi connectivity index (χ0v) is 11.5. The molecule has 0 saturated heterocycles. The molecular weight excluding hydrogens is 284 g/mol. The molecule has 0 fully saturated rings. The van der Waals surface area contributed by atoms with Crippen LogP contribution in [0.5, 0.6) is 5.75 Å². The average molecular weight is 297 g/mol. The van der Waals surface area contributed by atoms with Gasteiger partial charge in [-0.25, -0.2) is 0 Å². The highest BCUT2D eigenvalue weighted by Gasteiger charge is 2.30. The molecule has 2 N–H and O–H groups in total. The Morgan fingerprint density at radius 2 is 2.15 bits per heavy atom. The Kier molecular flexibility index (Phi) is 4.26. The highest BCUT2D eigenvalue weighted by molar-refractivity contribution is 6.33. The van der Waals surface area contributed by atoms with Gasteiger partial charge in [0.25, 0.3) is 11.8 Å². The molecule has 6 nitrogen and oxygen atoms in total. The monoisotopic (exact) mass is 296 g/mol. The zero-order chi connectivity index (χ0) is 14.7. The Hall–Kier alpha value is -2.05. The maximum Gasteiger partial charge on any atom is 0.277 e. The number of hydrogen-bond acceptors (Lipinski definition) is 5. The number of β-amino-alcohol motifs (C(OH)–C–C–N with tert-alkyl or cyclic N) is 1. The van der Waals surface area contributed by atoms with Crippen molar-refractivity contribution in [1.29, 1.82) is 0 Å². The van der Waals surface area contributed by atoms with E-state index in [1.54, 1.807) is 18.2 Å². The van der Waals surface area contributed by atoms with Crippen LogP contribution in [-0.2, 0) is 9.59 Å². The lowest BCUT2D eigenvalue weighted by Gasteiger charge is -2.14. The average Bonchev–Trinajstić information content (AvgIpc) is 2.69. The quantitative estimate of drug-likeness (QED) is 0.793. The van der Waals surface area contributed by atoms with Crippen molar-refractivity contribution < 1.29 is 19.4 Å². The van der Waals surface area contributed by atoms with Crippen LogP contribution >= 0.6 is 11.6 Å². The van der Waals surface area contributed by atoms with Crippen LogP contribution in [0.25, 0.3) is 0 Å². The number of halogens is 1. The van der Waals surface area contributed by atoms with Crippen molar-refractivity contribution in [3.63, 3.8) is 0 Å². The van der Waals surface area contributed by atoms with Gasteiger partial charge < -0.3 is 15.2 Å². The van der Waals surface area contributed by atoms with Gasteiger partial charge in [0.15, 0.2) is 0 Å². The second-order valence-corrected chi connectivity index (χ2v) is 4.45. The Bertz CT molecular complexity index is 586. The molecule has 0 saturated carbocycles. The van der Waals surface area contributed by atoms with Crippen molar-refractivity contribution in [3.05, 3.63) is 35.0 Å². The highest BCUT2D eigenvalue weighted by Crippen LogP contribution is 2.28. The lowest BCUT2D eigenvalue weighted by atomic mass is 10.3. The normalized spacial score (nSPS) is 14.6. The third-order valence-corrected chi connectivity index (χ3v) is 3.11. The lowest BCUT2D eigenvalue weighted by molar-refractivity contribution is -0.137. The summed E-state index contributed by atoms with van der Waals surface area (Å²) in [5, 5.41) is 12.0. The number of benzene rings is 1. The first-order valence-corrected chi connectivity index (χ1v) is 6.23. The van der Waals surface area contributed by atoms with Gasteiger partial charge in [0.1, 0.15) is 11.4 Å². The molecule has 106 valence electrons. The van der Waals surface area contributed by atoms with Crippen LogP contribution in [0.1, 0.15) is 0 Å². The number of hydrogen-bond donors (Lipinski definition) is 2. The van der Waals surface area contributed by atoms with Gasteiger partial charge in [-0.1, -0.05) is 11.6 Å². The number of ether oxygens (including phenoxy) is 1. The van der Waals surface area contributed by atoms with E-state index in [2.05, 4.69) is 5.32 Å². The number of amides is 2. The van der Waals surface area contributed by atoms with Crippen molar-refractivity contribution in [2.45, 2.75) is 0 Å². The minimum atomic E-state index is -0.497. The highest BCUT2D eigenvalue weighted by atomic mass is 35.5. The number of nitrogens with one attached hydrogen (secondary N) is 1. The van der Waals surface area contributed by atoms with E-state index in [1.807, 2.05) is 0 Å². The van der Waals surface area contributed by atoms with Gasteiger partial charge in [0, 0.05) is 12.1 Å². The van der Waals surface area contributed by atoms with Gasteiger partial charge in [0.2, 0.25) is 0 Å². The molecule has 0 spiro atoms. The Balaban J connectivity index is 2.21. The molecule has 0 aliphatic carbocycles. The zero-order valence-electron chi connectivity index (χ0n) is 10.7. The fraction of sp³-hybridized carbons (Fsp3) is 0.231. The number of aliphatic hydroxyl groups is 1. The Labute approximate surface area is 120 Å². The Morgan fingerprint density at radius 1 is 1.40 bits per heavy atom. The van der Waals surface area contributed by atoms with Gasteiger partial charge in [-0.05, 0) is 12.1 Å². The molecule has 2 rings (SSSR count). The number of imide groups is 1. The fourth-order valence-electron chi connectivity index (χ4n) is 1.78. The summed E-state index contributed by atoms with van der Waals surface area (Å²) in [6.07, 6.45) is 1.17. The smallest absolute Gasteiger partial charge is 0.277 e.